The van der Waals surface area contributed by atoms with Gasteiger partial charge in [0.2, 0.25) is 0 Å². The lowest BCUT2D eigenvalue weighted by Gasteiger charge is -2.11. The van der Waals surface area contributed by atoms with E-state index in [4.69, 9.17) is 0 Å². The molecule has 0 aliphatic rings. The van der Waals surface area contributed by atoms with Crippen LogP contribution in [0.3, 0.4) is 0 Å². The van der Waals surface area contributed by atoms with E-state index < -0.39 is 0 Å². The summed E-state index contributed by atoms with van der Waals surface area (Å²) in [5.74, 6) is 0. The molecule has 1 unspecified atom stereocenters. The SMILES string of the molecule is C=CC(NCC)c1ccncn1. The van der Waals surface area contributed by atoms with Crippen LogP contribution in [0.1, 0.15) is 18.7 Å². The van der Waals surface area contributed by atoms with Gasteiger partial charge < -0.3 is 5.32 Å². The van der Waals surface area contributed by atoms with Crippen LogP contribution in [0.4, 0.5) is 0 Å². The van der Waals surface area contributed by atoms with Crippen LogP contribution in [0.5, 0.6) is 0 Å². The zero-order chi connectivity index (χ0) is 8.81. The maximum absolute atomic E-state index is 4.12. The van der Waals surface area contributed by atoms with Gasteiger partial charge >= 0.3 is 0 Å². The first kappa shape index (κ1) is 8.87. The summed E-state index contributed by atoms with van der Waals surface area (Å²) in [6.45, 7) is 6.69. The summed E-state index contributed by atoms with van der Waals surface area (Å²) in [6.07, 6.45) is 5.12. The molecule has 0 saturated heterocycles. The lowest BCUT2D eigenvalue weighted by Crippen LogP contribution is -2.19. The number of hydrogen-bond acceptors (Lipinski definition) is 3. The third-order valence-corrected chi connectivity index (χ3v) is 1.58. The molecule has 0 fully saturated rings. The van der Waals surface area contributed by atoms with Crippen LogP contribution in [0.15, 0.2) is 31.2 Å². The molecule has 0 aliphatic carbocycles. The Morgan fingerprint density at radius 3 is 3.08 bits per heavy atom. The minimum atomic E-state index is 0.137. The van der Waals surface area contributed by atoms with Gasteiger partial charge in [-0.05, 0) is 12.6 Å². The molecule has 12 heavy (non-hydrogen) atoms. The highest BCUT2D eigenvalue weighted by molar-refractivity contribution is 5.10. The van der Waals surface area contributed by atoms with E-state index >= 15 is 0 Å². The monoisotopic (exact) mass is 163 g/mol. The number of rotatable bonds is 4. The van der Waals surface area contributed by atoms with E-state index in [1.54, 1.807) is 12.5 Å². The second kappa shape index (κ2) is 4.62. The number of nitrogens with one attached hydrogen (secondary N) is 1. The molecular weight excluding hydrogens is 150 g/mol. The first-order chi connectivity index (χ1) is 5.88. The number of hydrogen-bond donors (Lipinski definition) is 1. The molecule has 0 aromatic carbocycles. The Kier molecular flexibility index (Phi) is 3.41. The average Bonchev–Trinajstić information content (AvgIpc) is 2.15. The van der Waals surface area contributed by atoms with Gasteiger partial charge in [-0.25, -0.2) is 9.97 Å². The normalized spacial score (nSPS) is 12.4. The highest BCUT2D eigenvalue weighted by atomic mass is 14.9. The van der Waals surface area contributed by atoms with Gasteiger partial charge in [0.15, 0.2) is 0 Å². The summed E-state index contributed by atoms with van der Waals surface area (Å²) in [5, 5.41) is 3.24. The van der Waals surface area contributed by atoms with Crippen LogP contribution in [0.2, 0.25) is 0 Å². The Morgan fingerprint density at radius 1 is 1.75 bits per heavy atom. The van der Waals surface area contributed by atoms with Crippen molar-refractivity contribution in [2.24, 2.45) is 0 Å². The molecule has 64 valence electrons. The molecule has 3 nitrogen and oxygen atoms in total. The van der Waals surface area contributed by atoms with Crippen LogP contribution in [-0.2, 0) is 0 Å². The minimum Gasteiger partial charge on any atom is -0.306 e. The summed E-state index contributed by atoms with van der Waals surface area (Å²) in [7, 11) is 0. The molecule has 1 aromatic heterocycles. The molecule has 0 bridgehead atoms. The Hall–Kier alpha value is -1.22. The van der Waals surface area contributed by atoms with Crippen molar-refractivity contribution in [1.82, 2.24) is 15.3 Å². The van der Waals surface area contributed by atoms with Crippen molar-refractivity contribution in [2.75, 3.05) is 6.54 Å². The molecule has 1 heterocycles. The summed E-state index contributed by atoms with van der Waals surface area (Å²) in [4.78, 5) is 7.97. The molecule has 1 rings (SSSR count). The van der Waals surface area contributed by atoms with E-state index in [0.29, 0.717) is 0 Å². The van der Waals surface area contributed by atoms with Gasteiger partial charge in [0.25, 0.3) is 0 Å². The predicted octanol–water partition coefficient (Wildman–Crippen LogP) is 1.31. The Balaban J connectivity index is 2.73. The molecule has 0 amide bonds. The smallest absolute Gasteiger partial charge is 0.115 e. The summed E-state index contributed by atoms with van der Waals surface area (Å²) in [6, 6.07) is 2.02. The van der Waals surface area contributed by atoms with E-state index in [-0.39, 0.29) is 6.04 Å². The molecule has 1 aromatic rings. The van der Waals surface area contributed by atoms with Crippen molar-refractivity contribution in [3.63, 3.8) is 0 Å². The van der Waals surface area contributed by atoms with Gasteiger partial charge in [0.1, 0.15) is 6.33 Å². The van der Waals surface area contributed by atoms with Crippen LogP contribution >= 0.6 is 0 Å². The lowest BCUT2D eigenvalue weighted by atomic mass is 10.2. The molecule has 0 aliphatic heterocycles. The number of nitrogens with zero attached hydrogens (tertiary/aromatic N) is 2. The first-order valence-electron chi connectivity index (χ1n) is 4.00. The van der Waals surface area contributed by atoms with E-state index in [1.165, 1.54) is 0 Å². The highest BCUT2D eigenvalue weighted by Crippen LogP contribution is 2.08. The minimum absolute atomic E-state index is 0.137. The lowest BCUT2D eigenvalue weighted by molar-refractivity contribution is 0.631. The molecule has 0 saturated carbocycles. The maximum Gasteiger partial charge on any atom is 0.115 e. The third kappa shape index (κ3) is 2.13. The number of likely N-dealkylation sites (N-methyl/N-ethyl adjacent to an activating group) is 1. The van der Waals surface area contributed by atoms with Crippen molar-refractivity contribution in [3.05, 3.63) is 36.9 Å². The Bertz CT molecular complexity index is 233. The fourth-order valence-electron chi connectivity index (χ4n) is 1.01. The van der Waals surface area contributed by atoms with Crippen molar-refractivity contribution < 1.29 is 0 Å². The zero-order valence-electron chi connectivity index (χ0n) is 7.20. The predicted molar refractivity (Wildman–Crippen MR) is 48.6 cm³/mol. The van der Waals surface area contributed by atoms with Crippen molar-refractivity contribution in [3.8, 4) is 0 Å². The van der Waals surface area contributed by atoms with Crippen molar-refractivity contribution in [2.45, 2.75) is 13.0 Å². The fraction of sp³-hybridized carbons (Fsp3) is 0.333. The van der Waals surface area contributed by atoms with E-state index in [2.05, 4.69) is 28.8 Å². The second-order valence-corrected chi connectivity index (χ2v) is 2.41. The first-order valence-corrected chi connectivity index (χ1v) is 4.00. The number of aromatic nitrogens is 2. The fourth-order valence-corrected chi connectivity index (χ4v) is 1.01. The summed E-state index contributed by atoms with van der Waals surface area (Å²) in [5.41, 5.74) is 0.960. The second-order valence-electron chi connectivity index (χ2n) is 2.41. The molecular formula is C9H13N3. The third-order valence-electron chi connectivity index (χ3n) is 1.58. The standard InChI is InChI=1S/C9H13N3/c1-3-8(11-4-2)9-5-6-10-7-12-9/h3,5-8,11H,1,4H2,2H3. The Labute approximate surface area is 72.6 Å². The van der Waals surface area contributed by atoms with Crippen LogP contribution in [0.25, 0.3) is 0 Å². The molecule has 1 N–H and O–H groups in total. The van der Waals surface area contributed by atoms with E-state index in [0.717, 1.165) is 12.2 Å². The quantitative estimate of drug-likeness (QED) is 0.680. The largest absolute Gasteiger partial charge is 0.306 e. The van der Waals surface area contributed by atoms with Crippen molar-refractivity contribution >= 4 is 0 Å². The summed E-state index contributed by atoms with van der Waals surface area (Å²) < 4.78 is 0. The molecule has 3 heteroatoms. The summed E-state index contributed by atoms with van der Waals surface area (Å²) >= 11 is 0. The van der Waals surface area contributed by atoms with Gasteiger partial charge in [-0.1, -0.05) is 13.0 Å². The van der Waals surface area contributed by atoms with Gasteiger partial charge in [-0.15, -0.1) is 6.58 Å². The Morgan fingerprint density at radius 2 is 2.58 bits per heavy atom. The zero-order valence-corrected chi connectivity index (χ0v) is 7.20. The van der Waals surface area contributed by atoms with Gasteiger partial charge in [-0.2, -0.15) is 0 Å². The van der Waals surface area contributed by atoms with Crippen molar-refractivity contribution in [1.29, 1.82) is 0 Å². The highest BCUT2D eigenvalue weighted by Gasteiger charge is 2.04. The molecule has 0 radical (unpaired) electrons. The molecule has 1 atom stereocenters. The van der Waals surface area contributed by atoms with E-state index in [1.807, 2.05) is 12.1 Å². The van der Waals surface area contributed by atoms with Gasteiger partial charge in [0.05, 0.1) is 11.7 Å². The van der Waals surface area contributed by atoms with Gasteiger partial charge in [0, 0.05) is 6.20 Å². The van der Waals surface area contributed by atoms with Crippen LogP contribution in [0, 0.1) is 0 Å². The van der Waals surface area contributed by atoms with E-state index in [9.17, 15) is 0 Å². The average molecular weight is 163 g/mol. The van der Waals surface area contributed by atoms with Gasteiger partial charge in [-0.3, -0.25) is 0 Å². The van der Waals surface area contributed by atoms with Crippen LogP contribution in [-0.4, -0.2) is 16.5 Å². The topological polar surface area (TPSA) is 37.8 Å². The maximum atomic E-state index is 4.12. The molecule has 0 spiro atoms. The van der Waals surface area contributed by atoms with Crippen LogP contribution < -0.4 is 5.32 Å².